The Morgan fingerprint density at radius 2 is 1.97 bits per heavy atom. The Morgan fingerprint density at radius 3 is 2.77 bits per heavy atom. The zero-order chi connectivity index (χ0) is 24.3. The number of carbonyl (C=O) groups is 3. The van der Waals surface area contributed by atoms with E-state index >= 15 is 0 Å². The van der Waals surface area contributed by atoms with Crippen LogP contribution in [0.25, 0.3) is 0 Å². The van der Waals surface area contributed by atoms with Gasteiger partial charge in [-0.3, -0.25) is 24.3 Å². The molecule has 0 radical (unpaired) electrons. The van der Waals surface area contributed by atoms with Crippen LogP contribution in [0.4, 0.5) is 0 Å². The third kappa shape index (κ3) is 4.71. The van der Waals surface area contributed by atoms with Crippen LogP contribution >= 0.6 is 11.3 Å². The summed E-state index contributed by atoms with van der Waals surface area (Å²) in [6, 6.07) is 14.9. The number of imide groups is 1. The van der Waals surface area contributed by atoms with Gasteiger partial charge < -0.3 is 9.64 Å². The Morgan fingerprint density at radius 1 is 1.11 bits per heavy atom. The highest BCUT2D eigenvalue weighted by Crippen LogP contribution is 2.41. The molecule has 1 atom stereocenters. The molecule has 0 bridgehead atoms. The highest BCUT2D eigenvalue weighted by Gasteiger charge is 2.53. The lowest BCUT2D eigenvalue weighted by molar-refractivity contribution is -0.143. The van der Waals surface area contributed by atoms with Gasteiger partial charge in [0.15, 0.2) is 0 Å². The number of thiophene rings is 1. The third-order valence-corrected chi connectivity index (χ3v) is 7.80. The van der Waals surface area contributed by atoms with E-state index in [1.165, 1.54) is 15.3 Å². The fraction of sp³-hybridized carbons (Fsp3) is 0.333. The van der Waals surface area contributed by atoms with Gasteiger partial charge in [-0.1, -0.05) is 30.3 Å². The molecular weight excluding hydrogens is 462 g/mol. The first-order valence-electron chi connectivity index (χ1n) is 11.8. The van der Waals surface area contributed by atoms with Crippen molar-refractivity contribution in [3.8, 4) is 5.75 Å². The summed E-state index contributed by atoms with van der Waals surface area (Å²) in [5, 5.41) is 2.05. The summed E-state index contributed by atoms with van der Waals surface area (Å²) in [4.78, 5) is 48.7. The van der Waals surface area contributed by atoms with Crippen molar-refractivity contribution >= 4 is 29.1 Å². The third-order valence-electron chi connectivity index (χ3n) is 6.78. The van der Waals surface area contributed by atoms with Crippen LogP contribution in [0.15, 0.2) is 66.3 Å². The number of aromatic nitrogens is 1. The van der Waals surface area contributed by atoms with Crippen LogP contribution in [0.5, 0.6) is 5.75 Å². The summed E-state index contributed by atoms with van der Waals surface area (Å²) >= 11 is 1.72. The first-order chi connectivity index (χ1) is 17.1. The van der Waals surface area contributed by atoms with Crippen LogP contribution in [0, 0.1) is 0 Å². The molecule has 0 aliphatic carbocycles. The second kappa shape index (κ2) is 10.00. The van der Waals surface area contributed by atoms with E-state index in [0.29, 0.717) is 37.4 Å². The zero-order valence-electron chi connectivity index (χ0n) is 19.4. The minimum atomic E-state index is -1.17. The SMILES string of the molecule is O=C(C[C@]1(c2ccccc2)CC(=O)N(CCCOc2cccnc2)C1=O)N1CCc2sccc2C1. The molecule has 1 aromatic carbocycles. The zero-order valence-corrected chi connectivity index (χ0v) is 20.2. The molecule has 0 N–H and O–H groups in total. The van der Waals surface area contributed by atoms with Gasteiger partial charge in [-0.05, 0) is 47.5 Å². The van der Waals surface area contributed by atoms with E-state index in [-0.39, 0.29) is 37.1 Å². The number of rotatable bonds is 8. The van der Waals surface area contributed by atoms with Crippen LogP contribution in [0.3, 0.4) is 0 Å². The van der Waals surface area contributed by atoms with Crippen LogP contribution in [0.1, 0.15) is 35.3 Å². The minimum absolute atomic E-state index is 0.00257. The smallest absolute Gasteiger partial charge is 0.240 e. The number of ether oxygens (including phenoxy) is 1. The molecule has 180 valence electrons. The molecule has 3 amide bonds. The number of likely N-dealkylation sites (tertiary alicyclic amines) is 1. The summed E-state index contributed by atoms with van der Waals surface area (Å²) in [6.45, 7) is 1.80. The number of pyridine rings is 1. The Balaban J connectivity index is 1.31. The molecule has 2 aliphatic rings. The van der Waals surface area contributed by atoms with Crippen LogP contribution in [-0.2, 0) is 32.8 Å². The second-order valence-corrected chi connectivity index (χ2v) is 9.98. The van der Waals surface area contributed by atoms with Gasteiger partial charge >= 0.3 is 0 Å². The topological polar surface area (TPSA) is 79.8 Å². The van der Waals surface area contributed by atoms with Crippen LogP contribution < -0.4 is 4.74 Å². The Labute approximate surface area is 208 Å². The molecular formula is C27H27N3O4S. The summed E-state index contributed by atoms with van der Waals surface area (Å²) in [6.07, 6.45) is 4.61. The highest BCUT2D eigenvalue weighted by molar-refractivity contribution is 7.10. The molecule has 4 heterocycles. The number of nitrogens with zero attached hydrogens (tertiary/aromatic N) is 3. The molecule has 3 aromatic rings. The molecule has 0 saturated carbocycles. The molecule has 2 aromatic heterocycles. The van der Waals surface area contributed by atoms with E-state index in [4.69, 9.17) is 4.74 Å². The number of hydrogen-bond donors (Lipinski definition) is 0. The first-order valence-corrected chi connectivity index (χ1v) is 12.7. The van der Waals surface area contributed by atoms with Crippen LogP contribution in [-0.4, -0.2) is 52.2 Å². The molecule has 1 fully saturated rings. The number of fused-ring (bicyclic) bond motifs is 1. The standard InChI is InChI=1S/C27H27N3O4S/c31-24(29-13-9-23-20(19-29)10-15-35-23)16-27(21-6-2-1-3-7-21)17-25(32)30(26(27)33)12-5-14-34-22-8-4-11-28-18-22/h1-4,6-8,10-11,15,18H,5,9,12-14,16-17,19H2/t27-/m1/s1. The lowest BCUT2D eigenvalue weighted by Crippen LogP contribution is -2.44. The Kier molecular flexibility index (Phi) is 6.63. The van der Waals surface area contributed by atoms with Crippen molar-refractivity contribution in [3.05, 3.63) is 82.3 Å². The van der Waals surface area contributed by atoms with E-state index in [9.17, 15) is 14.4 Å². The van der Waals surface area contributed by atoms with Gasteiger partial charge in [0.1, 0.15) is 5.75 Å². The average molecular weight is 490 g/mol. The summed E-state index contributed by atoms with van der Waals surface area (Å²) < 4.78 is 5.67. The largest absolute Gasteiger partial charge is 0.492 e. The van der Waals surface area contributed by atoms with Crippen molar-refractivity contribution in [1.29, 1.82) is 0 Å². The number of benzene rings is 1. The number of amides is 3. The monoisotopic (exact) mass is 489 g/mol. The maximum atomic E-state index is 13.8. The van der Waals surface area contributed by atoms with Gasteiger partial charge in [-0.25, -0.2) is 0 Å². The van der Waals surface area contributed by atoms with Gasteiger partial charge in [0.25, 0.3) is 0 Å². The summed E-state index contributed by atoms with van der Waals surface area (Å²) in [7, 11) is 0. The Bertz CT molecular complexity index is 1210. The molecule has 0 unspecified atom stereocenters. The van der Waals surface area contributed by atoms with Crippen molar-refractivity contribution in [3.63, 3.8) is 0 Å². The minimum Gasteiger partial charge on any atom is -0.492 e. The Hall–Kier alpha value is -3.52. The van der Waals surface area contributed by atoms with E-state index in [2.05, 4.69) is 16.4 Å². The molecule has 7 nitrogen and oxygen atoms in total. The van der Waals surface area contributed by atoms with E-state index in [1.807, 2.05) is 41.3 Å². The van der Waals surface area contributed by atoms with E-state index < -0.39 is 5.41 Å². The van der Waals surface area contributed by atoms with Gasteiger partial charge in [0.05, 0.1) is 18.2 Å². The van der Waals surface area contributed by atoms with Crippen molar-refractivity contribution in [2.75, 3.05) is 19.7 Å². The quantitative estimate of drug-likeness (QED) is 0.357. The van der Waals surface area contributed by atoms with Crippen LogP contribution in [0.2, 0.25) is 0 Å². The number of carbonyl (C=O) groups excluding carboxylic acids is 3. The predicted octanol–water partition coefficient (Wildman–Crippen LogP) is 3.58. The molecule has 5 rings (SSSR count). The van der Waals surface area contributed by atoms with Gasteiger partial charge in [0.2, 0.25) is 17.7 Å². The first kappa shape index (κ1) is 23.2. The second-order valence-electron chi connectivity index (χ2n) is 8.98. The van der Waals surface area contributed by atoms with E-state index in [0.717, 1.165) is 6.42 Å². The van der Waals surface area contributed by atoms with Crippen molar-refractivity contribution < 1.29 is 19.1 Å². The molecule has 2 aliphatic heterocycles. The van der Waals surface area contributed by atoms with Gasteiger partial charge in [-0.15, -0.1) is 11.3 Å². The highest BCUT2D eigenvalue weighted by atomic mass is 32.1. The lowest BCUT2D eigenvalue weighted by Gasteiger charge is -2.32. The van der Waals surface area contributed by atoms with Gasteiger partial charge in [-0.2, -0.15) is 0 Å². The summed E-state index contributed by atoms with van der Waals surface area (Å²) in [5.41, 5.74) is 0.718. The van der Waals surface area contributed by atoms with Crippen molar-refractivity contribution in [2.45, 2.75) is 37.6 Å². The van der Waals surface area contributed by atoms with Crippen molar-refractivity contribution in [1.82, 2.24) is 14.8 Å². The normalized spacial score (nSPS) is 19.7. The maximum Gasteiger partial charge on any atom is 0.240 e. The molecule has 0 spiro atoms. The van der Waals surface area contributed by atoms with Crippen molar-refractivity contribution in [2.24, 2.45) is 0 Å². The fourth-order valence-corrected chi connectivity index (χ4v) is 5.82. The van der Waals surface area contributed by atoms with E-state index in [1.54, 1.807) is 29.8 Å². The van der Waals surface area contributed by atoms with Gasteiger partial charge in [0, 0.05) is 43.5 Å². The average Bonchev–Trinajstić information content (AvgIpc) is 3.45. The molecule has 35 heavy (non-hydrogen) atoms. The lowest BCUT2D eigenvalue weighted by atomic mass is 9.75. The molecule has 1 saturated heterocycles. The molecule has 8 heteroatoms. The number of hydrogen-bond acceptors (Lipinski definition) is 6. The predicted molar refractivity (Wildman–Crippen MR) is 132 cm³/mol. The fourth-order valence-electron chi connectivity index (χ4n) is 4.93. The summed E-state index contributed by atoms with van der Waals surface area (Å²) in [5.74, 6) is 0.0168. The maximum absolute atomic E-state index is 13.8.